The molecule has 0 spiro atoms. The summed E-state index contributed by atoms with van der Waals surface area (Å²) in [4.78, 5) is 12.3. The number of benzene rings is 1. The van der Waals surface area contributed by atoms with Crippen molar-refractivity contribution < 1.29 is 4.79 Å². The average Bonchev–Trinajstić information content (AvgIpc) is 3.23. The summed E-state index contributed by atoms with van der Waals surface area (Å²) < 4.78 is 0. The van der Waals surface area contributed by atoms with E-state index in [1.165, 1.54) is 31.2 Å². The molecule has 1 aromatic rings. The van der Waals surface area contributed by atoms with E-state index < -0.39 is 0 Å². The average molecular weight is 333 g/mol. The molecule has 0 heterocycles. The van der Waals surface area contributed by atoms with Gasteiger partial charge in [0.1, 0.15) is 0 Å². The van der Waals surface area contributed by atoms with Crippen LogP contribution in [0.3, 0.4) is 0 Å². The monoisotopic (exact) mass is 332 g/mol. The maximum Gasteiger partial charge on any atom is 0.315 e. The van der Waals surface area contributed by atoms with E-state index in [0.717, 1.165) is 36.1 Å². The lowest BCUT2D eigenvalue weighted by atomic mass is 9.95. The Balaban J connectivity index is 1.28. The number of fused-ring (bicyclic) bond motifs is 2. The van der Waals surface area contributed by atoms with Crippen LogP contribution < -0.4 is 10.6 Å². The molecule has 3 aliphatic rings. The van der Waals surface area contributed by atoms with Crippen LogP contribution in [0.1, 0.15) is 56.4 Å². The van der Waals surface area contributed by atoms with E-state index in [0.29, 0.717) is 12.0 Å². The van der Waals surface area contributed by atoms with Crippen molar-refractivity contribution in [1.29, 1.82) is 0 Å². The summed E-state index contributed by atoms with van der Waals surface area (Å²) in [6.07, 6.45) is 8.38. The Kier molecular flexibility index (Phi) is 4.23. The Morgan fingerprint density at radius 1 is 1.04 bits per heavy atom. The lowest BCUT2D eigenvalue weighted by molar-refractivity contribution is 0.227. The van der Waals surface area contributed by atoms with E-state index in [2.05, 4.69) is 22.8 Å². The zero-order valence-electron chi connectivity index (χ0n) is 13.4. The molecule has 0 saturated heterocycles. The topological polar surface area (TPSA) is 41.1 Å². The van der Waals surface area contributed by atoms with E-state index in [-0.39, 0.29) is 12.1 Å². The molecule has 0 unspecified atom stereocenters. The van der Waals surface area contributed by atoms with Crippen LogP contribution in [0.4, 0.5) is 4.79 Å². The number of hydrogen-bond donors (Lipinski definition) is 2. The fourth-order valence-corrected chi connectivity index (χ4v) is 5.19. The van der Waals surface area contributed by atoms with Crippen LogP contribution in [0.15, 0.2) is 24.3 Å². The van der Waals surface area contributed by atoms with Crippen LogP contribution in [-0.4, -0.2) is 18.1 Å². The predicted molar refractivity (Wildman–Crippen MR) is 92.7 cm³/mol. The van der Waals surface area contributed by atoms with Gasteiger partial charge in [-0.25, -0.2) is 4.79 Å². The third kappa shape index (κ3) is 3.35. The zero-order valence-corrected chi connectivity index (χ0v) is 14.2. The predicted octanol–water partition coefficient (Wildman–Crippen LogP) is 4.46. The fraction of sp³-hybridized carbons (Fsp3) is 0.632. The molecule has 1 aromatic carbocycles. The van der Waals surface area contributed by atoms with E-state index in [9.17, 15) is 4.79 Å². The first-order chi connectivity index (χ1) is 11.2. The number of carbonyl (C=O) groups excluding carboxylic acids is 1. The second kappa shape index (κ2) is 6.35. The van der Waals surface area contributed by atoms with Crippen LogP contribution in [0.5, 0.6) is 0 Å². The van der Waals surface area contributed by atoms with Gasteiger partial charge >= 0.3 is 6.03 Å². The molecule has 2 N–H and O–H groups in total. The number of urea groups is 1. The molecule has 4 rings (SSSR count). The lowest BCUT2D eigenvalue weighted by Crippen LogP contribution is -2.47. The maximum atomic E-state index is 12.3. The number of hydrogen-bond acceptors (Lipinski definition) is 1. The second-order valence-corrected chi connectivity index (χ2v) is 8.10. The third-order valence-electron chi connectivity index (χ3n) is 6.14. The highest BCUT2D eigenvalue weighted by Gasteiger charge is 2.40. The summed E-state index contributed by atoms with van der Waals surface area (Å²) in [5.74, 6) is 2.11. The molecular formula is C19H25ClN2O. The van der Waals surface area contributed by atoms with Crippen LogP contribution in [0.25, 0.3) is 0 Å². The zero-order chi connectivity index (χ0) is 15.8. The Morgan fingerprint density at radius 3 is 2.70 bits per heavy atom. The van der Waals surface area contributed by atoms with Gasteiger partial charge < -0.3 is 10.6 Å². The van der Waals surface area contributed by atoms with E-state index in [1.54, 1.807) is 0 Å². The molecular weight excluding hydrogens is 308 g/mol. The Bertz CT molecular complexity index is 590. The van der Waals surface area contributed by atoms with Gasteiger partial charge in [-0.15, -0.1) is 0 Å². The Labute approximate surface area is 143 Å². The van der Waals surface area contributed by atoms with Crippen molar-refractivity contribution in [2.45, 2.75) is 62.9 Å². The van der Waals surface area contributed by atoms with Crippen molar-refractivity contribution in [1.82, 2.24) is 10.6 Å². The van der Waals surface area contributed by atoms with Crippen LogP contribution >= 0.6 is 11.6 Å². The van der Waals surface area contributed by atoms with Crippen LogP contribution in [-0.2, 0) is 0 Å². The van der Waals surface area contributed by atoms with Gasteiger partial charge in [-0.1, -0.05) is 30.2 Å². The van der Waals surface area contributed by atoms with E-state index in [4.69, 9.17) is 11.6 Å². The van der Waals surface area contributed by atoms with Gasteiger partial charge in [-0.05, 0) is 74.0 Å². The van der Waals surface area contributed by atoms with E-state index in [1.807, 2.05) is 12.1 Å². The highest BCUT2D eigenvalue weighted by molar-refractivity contribution is 6.30. The minimum atomic E-state index is 0.0410. The first-order valence-electron chi connectivity index (χ1n) is 9.00. The van der Waals surface area contributed by atoms with Gasteiger partial charge in [0.25, 0.3) is 0 Å². The summed E-state index contributed by atoms with van der Waals surface area (Å²) >= 11 is 6.09. The Hall–Kier alpha value is -1.22. The Morgan fingerprint density at radius 2 is 1.96 bits per heavy atom. The maximum absolute atomic E-state index is 12.3. The molecule has 2 amide bonds. The van der Waals surface area contributed by atoms with Gasteiger partial charge in [0.2, 0.25) is 0 Å². The van der Waals surface area contributed by atoms with Crippen molar-refractivity contribution in [3.8, 4) is 0 Å². The van der Waals surface area contributed by atoms with Crippen molar-refractivity contribution in [3.05, 3.63) is 34.9 Å². The largest absolute Gasteiger partial charge is 0.335 e. The molecule has 3 aliphatic carbocycles. The van der Waals surface area contributed by atoms with Crippen molar-refractivity contribution in [2.75, 3.05) is 0 Å². The smallest absolute Gasteiger partial charge is 0.315 e. The SMILES string of the molecule is O=C(N[C@H]1CC[C@H](c2cccc(Cl)c2)C1)N[C@H]1C[C@@H]2CC[C@H]1C2. The summed E-state index contributed by atoms with van der Waals surface area (Å²) in [5.41, 5.74) is 1.30. The molecule has 2 bridgehead atoms. The van der Waals surface area contributed by atoms with Crippen LogP contribution in [0.2, 0.25) is 5.02 Å². The van der Waals surface area contributed by atoms with E-state index >= 15 is 0 Å². The molecule has 4 heteroatoms. The first-order valence-corrected chi connectivity index (χ1v) is 9.37. The van der Waals surface area contributed by atoms with Crippen molar-refractivity contribution in [3.63, 3.8) is 0 Å². The number of carbonyl (C=O) groups is 1. The van der Waals surface area contributed by atoms with Crippen molar-refractivity contribution in [2.24, 2.45) is 11.8 Å². The van der Waals surface area contributed by atoms with Gasteiger partial charge in [0, 0.05) is 17.1 Å². The quantitative estimate of drug-likeness (QED) is 0.842. The number of nitrogens with one attached hydrogen (secondary N) is 2. The summed E-state index contributed by atoms with van der Waals surface area (Å²) in [5, 5.41) is 7.23. The highest BCUT2D eigenvalue weighted by atomic mass is 35.5. The van der Waals surface area contributed by atoms with Gasteiger partial charge in [0.15, 0.2) is 0 Å². The van der Waals surface area contributed by atoms with Gasteiger partial charge in [-0.3, -0.25) is 0 Å². The standard InChI is InChI=1S/C19H25ClN2O/c20-16-3-1-2-13(10-16)14-6-7-17(11-14)21-19(23)22-18-9-12-4-5-15(18)8-12/h1-3,10,12,14-15,17-18H,4-9,11H2,(H2,21,22,23)/t12-,14+,15+,17+,18+/m1/s1. The molecule has 0 aliphatic heterocycles. The molecule has 3 nitrogen and oxygen atoms in total. The fourth-order valence-electron chi connectivity index (χ4n) is 4.99. The minimum Gasteiger partial charge on any atom is -0.335 e. The normalized spacial score (nSPS) is 35.4. The summed E-state index contributed by atoms with van der Waals surface area (Å²) in [7, 11) is 0. The van der Waals surface area contributed by atoms with Crippen molar-refractivity contribution >= 4 is 17.6 Å². The molecule has 5 atom stereocenters. The summed E-state index contributed by atoms with van der Waals surface area (Å²) in [6, 6.07) is 8.88. The third-order valence-corrected chi connectivity index (χ3v) is 6.38. The lowest BCUT2D eigenvalue weighted by Gasteiger charge is -2.24. The molecule has 0 aromatic heterocycles. The molecule has 3 fully saturated rings. The molecule has 3 saturated carbocycles. The molecule has 124 valence electrons. The molecule has 0 radical (unpaired) electrons. The number of rotatable bonds is 3. The van der Waals surface area contributed by atoms with Gasteiger partial charge in [-0.2, -0.15) is 0 Å². The van der Waals surface area contributed by atoms with Crippen LogP contribution in [0, 0.1) is 11.8 Å². The first kappa shape index (κ1) is 15.3. The number of amides is 2. The minimum absolute atomic E-state index is 0.0410. The summed E-state index contributed by atoms with van der Waals surface area (Å²) in [6.45, 7) is 0. The molecule has 23 heavy (non-hydrogen) atoms. The highest BCUT2D eigenvalue weighted by Crippen LogP contribution is 2.44. The second-order valence-electron chi connectivity index (χ2n) is 7.66. The number of halogens is 1. The van der Waals surface area contributed by atoms with Gasteiger partial charge in [0.05, 0.1) is 0 Å².